The molecule has 3 amide bonds. The number of hydrogen-bond donors (Lipinski definition) is 1. The number of nitrogens with zero attached hydrogens (tertiary/aromatic N) is 1. The van der Waals surface area contributed by atoms with Gasteiger partial charge in [-0.1, -0.05) is 23.8 Å². The molecule has 1 heterocycles. The summed E-state index contributed by atoms with van der Waals surface area (Å²) < 4.78 is 38.9. The number of nitrogens with one attached hydrogen (secondary N) is 1. The zero-order chi connectivity index (χ0) is 23.9. The van der Waals surface area contributed by atoms with Crippen LogP contribution in [0.25, 0.3) is 0 Å². The lowest BCUT2D eigenvalue weighted by Gasteiger charge is -2.37. The molecule has 5 nitrogen and oxygen atoms in total. The Labute approximate surface area is 197 Å². The van der Waals surface area contributed by atoms with Crippen LogP contribution in [0.4, 0.5) is 24.5 Å². The third kappa shape index (κ3) is 3.11. The highest BCUT2D eigenvalue weighted by molar-refractivity contribution is 6.34. The molecular weight excluding hydrogens is 469 g/mol. The van der Waals surface area contributed by atoms with Gasteiger partial charge in [0.15, 0.2) is 0 Å². The summed E-state index contributed by atoms with van der Waals surface area (Å²) in [5.41, 5.74) is -0.569. The molecule has 7 rings (SSSR count). The number of rotatable bonds is 3. The summed E-state index contributed by atoms with van der Waals surface area (Å²) in [4.78, 5) is 40.2. The van der Waals surface area contributed by atoms with Gasteiger partial charge in [0, 0.05) is 5.56 Å². The van der Waals surface area contributed by atoms with Gasteiger partial charge in [0.25, 0.3) is 5.91 Å². The van der Waals surface area contributed by atoms with Gasteiger partial charge >= 0.3 is 6.18 Å². The molecule has 1 N–H and O–H groups in total. The van der Waals surface area contributed by atoms with Crippen LogP contribution in [0.15, 0.2) is 54.6 Å². The Morgan fingerprint density at radius 2 is 1.53 bits per heavy atom. The number of amides is 3. The largest absolute Gasteiger partial charge is 0.416 e. The summed E-state index contributed by atoms with van der Waals surface area (Å²) in [7, 11) is 0. The second-order valence-electron chi connectivity index (χ2n) is 9.36. The lowest BCUT2D eigenvalue weighted by atomic mass is 9.63. The van der Waals surface area contributed by atoms with Crippen molar-refractivity contribution in [1.29, 1.82) is 0 Å². The van der Waals surface area contributed by atoms with Crippen molar-refractivity contribution in [2.24, 2.45) is 35.5 Å². The summed E-state index contributed by atoms with van der Waals surface area (Å²) >= 11 is 5.95. The SMILES string of the molecule is O=C(Nc1cc(C(F)(F)F)ccc1Cl)c1ccc(N2C(=O)[C@@H]3[C@H]4C=C[C@@H]([C@@H]5C[C@H]45)[C@@H]3C2=O)cc1. The maximum absolute atomic E-state index is 13.2. The van der Waals surface area contributed by atoms with Gasteiger partial charge in [-0.3, -0.25) is 19.3 Å². The fraction of sp³-hybridized carbons (Fsp3) is 0.320. The molecule has 2 aromatic rings. The van der Waals surface area contributed by atoms with E-state index in [-0.39, 0.29) is 51.8 Å². The van der Waals surface area contributed by atoms with Gasteiger partial charge in [-0.05, 0) is 72.6 Å². The zero-order valence-electron chi connectivity index (χ0n) is 17.6. The maximum atomic E-state index is 13.2. The first-order valence-electron chi connectivity index (χ1n) is 11.0. The van der Waals surface area contributed by atoms with E-state index >= 15 is 0 Å². The molecule has 1 saturated heterocycles. The molecule has 0 spiro atoms. The van der Waals surface area contributed by atoms with E-state index in [0.717, 1.165) is 24.6 Å². The molecule has 9 heteroatoms. The number of benzene rings is 2. The Kier molecular flexibility index (Phi) is 4.52. The molecule has 0 radical (unpaired) electrons. The number of carbonyl (C=O) groups excluding carboxylic acids is 3. The van der Waals surface area contributed by atoms with E-state index in [4.69, 9.17) is 11.6 Å². The maximum Gasteiger partial charge on any atom is 0.416 e. The van der Waals surface area contributed by atoms with Gasteiger partial charge in [0.05, 0.1) is 33.8 Å². The van der Waals surface area contributed by atoms with E-state index in [1.54, 1.807) is 0 Å². The number of allylic oxidation sites excluding steroid dienone is 2. The Morgan fingerprint density at radius 3 is 2.09 bits per heavy atom. The molecule has 2 aromatic carbocycles. The van der Waals surface area contributed by atoms with Crippen LogP contribution in [0, 0.1) is 35.5 Å². The molecule has 2 saturated carbocycles. The first-order valence-corrected chi connectivity index (χ1v) is 11.4. The second-order valence-corrected chi connectivity index (χ2v) is 9.77. The second kappa shape index (κ2) is 7.18. The monoisotopic (exact) mass is 486 g/mol. The minimum absolute atomic E-state index is 0.0323. The normalized spacial score (nSPS) is 30.9. The lowest BCUT2D eigenvalue weighted by molar-refractivity contribution is -0.137. The smallest absolute Gasteiger partial charge is 0.321 e. The molecular formula is C25H18ClF3N2O3. The molecule has 174 valence electrons. The minimum Gasteiger partial charge on any atom is -0.321 e. The van der Waals surface area contributed by atoms with Crippen LogP contribution < -0.4 is 10.2 Å². The van der Waals surface area contributed by atoms with E-state index in [2.05, 4.69) is 17.5 Å². The third-order valence-corrected chi connectivity index (χ3v) is 7.92. The van der Waals surface area contributed by atoms with Gasteiger partial charge < -0.3 is 5.32 Å². The van der Waals surface area contributed by atoms with Crippen LogP contribution in [0.3, 0.4) is 0 Å². The molecule has 2 bridgehead atoms. The standard InChI is InChI=1S/C25H18ClF3N2O3/c26-18-8-3-12(25(27,28)29)9-19(18)30-22(32)11-1-4-13(5-2-11)31-23(33)20-14-6-7-15(17-10-16(14)17)21(20)24(31)34/h1-9,14-17,20-21H,10H2,(H,30,32)/t14-,15-,16-,17+,20-,21+/m0/s1. The molecule has 6 atom stereocenters. The van der Waals surface area contributed by atoms with Gasteiger partial charge in [-0.25, -0.2) is 0 Å². The zero-order valence-corrected chi connectivity index (χ0v) is 18.3. The molecule has 4 aliphatic carbocycles. The highest BCUT2D eigenvalue weighted by Crippen LogP contribution is 2.65. The van der Waals surface area contributed by atoms with Crippen molar-refractivity contribution < 1.29 is 27.6 Å². The topological polar surface area (TPSA) is 66.5 Å². The van der Waals surface area contributed by atoms with Crippen LogP contribution in [0.1, 0.15) is 22.3 Å². The summed E-state index contributed by atoms with van der Waals surface area (Å²) in [6.45, 7) is 0. The minimum atomic E-state index is -4.58. The molecule has 0 aromatic heterocycles. The van der Waals surface area contributed by atoms with Crippen molar-refractivity contribution in [3.63, 3.8) is 0 Å². The van der Waals surface area contributed by atoms with Crippen molar-refractivity contribution in [2.45, 2.75) is 12.6 Å². The van der Waals surface area contributed by atoms with Crippen LogP contribution in [-0.4, -0.2) is 17.7 Å². The quantitative estimate of drug-likeness (QED) is 0.481. The highest BCUT2D eigenvalue weighted by Gasteiger charge is 2.67. The summed E-state index contributed by atoms with van der Waals surface area (Å²) in [5, 5.41) is 2.36. The van der Waals surface area contributed by atoms with Gasteiger partial charge in [-0.2, -0.15) is 13.2 Å². The molecule has 34 heavy (non-hydrogen) atoms. The summed E-state index contributed by atoms with van der Waals surface area (Å²) in [6.07, 6.45) is 0.699. The van der Waals surface area contributed by atoms with Gasteiger partial charge in [0.1, 0.15) is 0 Å². The van der Waals surface area contributed by atoms with E-state index < -0.39 is 17.6 Å². The van der Waals surface area contributed by atoms with Gasteiger partial charge in [-0.15, -0.1) is 0 Å². The van der Waals surface area contributed by atoms with E-state index in [9.17, 15) is 27.6 Å². The van der Waals surface area contributed by atoms with E-state index in [1.807, 2.05) is 0 Å². The van der Waals surface area contributed by atoms with Crippen LogP contribution in [-0.2, 0) is 15.8 Å². The van der Waals surface area contributed by atoms with E-state index in [1.165, 1.54) is 29.2 Å². The van der Waals surface area contributed by atoms with E-state index in [0.29, 0.717) is 17.5 Å². The lowest BCUT2D eigenvalue weighted by Crippen LogP contribution is -2.40. The van der Waals surface area contributed by atoms with Crippen molar-refractivity contribution in [3.8, 4) is 0 Å². The van der Waals surface area contributed by atoms with Crippen molar-refractivity contribution in [2.75, 3.05) is 10.2 Å². The van der Waals surface area contributed by atoms with Crippen LogP contribution >= 0.6 is 11.6 Å². The van der Waals surface area contributed by atoms with Crippen molar-refractivity contribution >= 4 is 40.7 Å². The van der Waals surface area contributed by atoms with Crippen molar-refractivity contribution in [1.82, 2.24) is 0 Å². The number of carbonyl (C=O) groups is 3. The Hall–Kier alpha value is -3.13. The van der Waals surface area contributed by atoms with Crippen molar-refractivity contribution in [3.05, 3.63) is 70.8 Å². The summed E-state index contributed by atoms with van der Waals surface area (Å²) in [6, 6.07) is 8.54. The fourth-order valence-electron chi connectivity index (χ4n) is 5.97. The number of imide groups is 1. The number of anilines is 2. The Balaban J connectivity index is 1.22. The molecule has 5 aliphatic rings. The number of halogens is 4. The number of alkyl halides is 3. The average Bonchev–Trinajstić information content (AvgIpc) is 3.58. The predicted octanol–water partition coefficient (Wildman–Crippen LogP) is 5.17. The Bertz CT molecular complexity index is 1240. The number of hydrogen-bond acceptors (Lipinski definition) is 3. The van der Waals surface area contributed by atoms with Crippen LogP contribution in [0.5, 0.6) is 0 Å². The Morgan fingerprint density at radius 1 is 0.941 bits per heavy atom. The average molecular weight is 487 g/mol. The predicted molar refractivity (Wildman–Crippen MR) is 118 cm³/mol. The first-order chi connectivity index (χ1) is 16.1. The molecule has 1 aliphatic heterocycles. The fourth-order valence-corrected chi connectivity index (χ4v) is 6.13. The summed E-state index contributed by atoms with van der Waals surface area (Å²) in [5.74, 6) is -0.478. The third-order valence-electron chi connectivity index (χ3n) is 7.59. The first kappa shape index (κ1) is 21.4. The highest BCUT2D eigenvalue weighted by atomic mass is 35.5. The van der Waals surface area contributed by atoms with Crippen LogP contribution in [0.2, 0.25) is 5.02 Å². The molecule has 3 fully saturated rings. The van der Waals surface area contributed by atoms with Gasteiger partial charge in [0.2, 0.25) is 11.8 Å². The molecule has 0 unspecified atom stereocenters.